The van der Waals surface area contributed by atoms with Gasteiger partial charge >= 0.3 is 0 Å². The van der Waals surface area contributed by atoms with Crippen molar-refractivity contribution in [3.63, 3.8) is 0 Å². The van der Waals surface area contributed by atoms with E-state index in [1.165, 1.54) is 45.1 Å². The average Bonchev–Trinajstić information content (AvgIpc) is 2.68. The van der Waals surface area contributed by atoms with Gasteiger partial charge in [-0.25, -0.2) is 5.43 Å². The summed E-state index contributed by atoms with van der Waals surface area (Å²) in [6.45, 7) is 2.40. The first-order valence-electron chi connectivity index (χ1n) is 5.85. The van der Waals surface area contributed by atoms with E-state index in [2.05, 4.69) is 15.9 Å². The molecule has 2 rings (SSSR count). The van der Waals surface area contributed by atoms with E-state index in [0.717, 1.165) is 12.6 Å². The molecule has 2 fully saturated rings. The van der Waals surface area contributed by atoms with Gasteiger partial charge in [-0.05, 0) is 19.3 Å². The van der Waals surface area contributed by atoms with E-state index in [1.807, 2.05) is 0 Å². The van der Waals surface area contributed by atoms with Gasteiger partial charge in [0.05, 0.1) is 0 Å². The summed E-state index contributed by atoms with van der Waals surface area (Å²) in [4.78, 5) is 2.63. The van der Waals surface area contributed by atoms with E-state index >= 15 is 0 Å². The Hall–Kier alpha value is -0.160. The van der Waals surface area contributed by atoms with Gasteiger partial charge in [0.15, 0.2) is 0 Å². The van der Waals surface area contributed by atoms with Crippen LogP contribution in [0, 0.1) is 0 Å². The summed E-state index contributed by atoms with van der Waals surface area (Å²) in [5, 5.41) is 0. The van der Waals surface area contributed by atoms with Gasteiger partial charge in [-0.2, -0.15) is 5.53 Å². The molecule has 1 aliphatic carbocycles. The van der Waals surface area contributed by atoms with Crippen LogP contribution < -0.4 is 16.8 Å². The molecule has 0 aromatic heterocycles. The van der Waals surface area contributed by atoms with Gasteiger partial charge in [0, 0.05) is 25.2 Å². The van der Waals surface area contributed by atoms with Gasteiger partial charge in [-0.15, -0.1) is 0 Å². The maximum Gasteiger partial charge on any atom is 0.0365 e. The van der Waals surface area contributed by atoms with Crippen LogP contribution in [0.3, 0.4) is 0 Å². The molecular weight excluding hydrogens is 176 g/mol. The van der Waals surface area contributed by atoms with Gasteiger partial charge in [0.1, 0.15) is 0 Å². The van der Waals surface area contributed by atoms with Gasteiger partial charge in [0.25, 0.3) is 0 Å². The lowest BCUT2D eigenvalue weighted by Gasteiger charge is -2.31. The van der Waals surface area contributed by atoms with Crippen LogP contribution in [0.1, 0.15) is 38.5 Å². The summed E-state index contributed by atoms with van der Waals surface area (Å²) >= 11 is 0. The number of hydrazine groups is 2. The monoisotopic (exact) mass is 198 g/mol. The van der Waals surface area contributed by atoms with E-state index in [1.54, 1.807) is 0 Å². The third-order valence-corrected chi connectivity index (χ3v) is 3.60. The predicted molar refractivity (Wildman–Crippen MR) is 57.3 cm³/mol. The topological polar surface area (TPSA) is 53.3 Å². The molecule has 1 atom stereocenters. The number of likely N-dealkylation sites (tertiary alicyclic amines) is 1. The molecule has 2 aliphatic rings. The molecule has 1 saturated heterocycles. The van der Waals surface area contributed by atoms with E-state index in [0.29, 0.717) is 6.04 Å². The zero-order chi connectivity index (χ0) is 9.80. The maximum atomic E-state index is 5.25. The van der Waals surface area contributed by atoms with Crippen molar-refractivity contribution in [1.82, 2.24) is 15.9 Å². The summed E-state index contributed by atoms with van der Waals surface area (Å²) in [7, 11) is 0. The lowest BCUT2D eigenvalue weighted by atomic mass is 9.94. The van der Waals surface area contributed by atoms with Crippen LogP contribution in [0.5, 0.6) is 0 Å². The molecule has 1 heterocycles. The second-order valence-corrected chi connectivity index (χ2v) is 4.56. The summed E-state index contributed by atoms with van der Waals surface area (Å²) in [5.74, 6) is 5.25. The molecule has 0 aromatic carbocycles. The quantitative estimate of drug-likeness (QED) is 0.453. The van der Waals surface area contributed by atoms with E-state index in [-0.39, 0.29) is 0 Å². The third-order valence-electron chi connectivity index (χ3n) is 3.60. The number of nitrogens with one attached hydrogen (secondary N) is 2. The summed E-state index contributed by atoms with van der Waals surface area (Å²) in [6.07, 6.45) is 8.32. The number of rotatable bonds is 3. The molecule has 14 heavy (non-hydrogen) atoms. The molecule has 1 aliphatic heterocycles. The molecule has 1 unspecified atom stereocenters. The van der Waals surface area contributed by atoms with Gasteiger partial charge in [-0.1, -0.05) is 19.3 Å². The Bertz CT molecular complexity index is 168. The molecule has 0 spiro atoms. The molecule has 1 saturated carbocycles. The molecule has 0 radical (unpaired) electrons. The van der Waals surface area contributed by atoms with E-state index < -0.39 is 0 Å². The highest BCUT2D eigenvalue weighted by atomic mass is 15.5. The molecule has 0 aromatic rings. The highest BCUT2D eigenvalue weighted by Crippen LogP contribution is 2.25. The molecule has 4 heteroatoms. The number of nitrogens with zero attached hydrogens (tertiary/aromatic N) is 1. The highest BCUT2D eigenvalue weighted by Gasteiger charge is 2.28. The number of nitrogens with two attached hydrogens (primary N) is 1. The SMILES string of the molecule is NNNC1CCN(C2CCCCC2)C1. The zero-order valence-corrected chi connectivity index (χ0v) is 8.84. The van der Waals surface area contributed by atoms with Crippen LogP contribution in [0.25, 0.3) is 0 Å². The van der Waals surface area contributed by atoms with Crippen molar-refractivity contribution in [3.05, 3.63) is 0 Å². The molecular formula is C10H22N4. The van der Waals surface area contributed by atoms with Crippen molar-refractivity contribution >= 4 is 0 Å². The minimum atomic E-state index is 0.543. The maximum absolute atomic E-state index is 5.25. The second kappa shape index (κ2) is 5.07. The molecule has 82 valence electrons. The van der Waals surface area contributed by atoms with Crippen molar-refractivity contribution in [2.45, 2.75) is 50.6 Å². The summed E-state index contributed by atoms with van der Waals surface area (Å²) < 4.78 is 0. The van der Waals surface area contributed by atoms with Gasteiger partial charge < -0.3 is 0 Å². The summed E-state index contributed by atoms with van der Waals surface area (Å²) in [5.41, 5.74) is 5.66. The Morgan fingerprint density at radius 2 is 1.86 bits per heavy atom. The standard InChI is InChI=1S/C10H22N4/c11-13-12-9-6-7-14(8-9)10-4-2-1-3-5-10/h9-10,12-13H,1-8,11H2. The van der Waals surface area contributed by atoms with Gasteiger partial charge in [-0.3, -0.25) is 10.7 Å². The minimum absolute atomic E-state index is 0.543. The van der Waals surface area contributed by atoms with E-state index in [9.17, 15) is 0 Å². The van der Waals surface area contributed by atoms with Crippen LogP contribution in [0.2, 0.25) is 0 Å². The van der Waals surface area contributed by atoms with Crippen LogP contribution in [-0.4, -0.2) is 30.1 Å². The Morgan fingerprint density at radius 3 is 2.57 bits per heavy atom. The van der Waals surface area contributed by atoms with Crippen molar-refractivity contribution in [1.29, 1.82) is 0 Å². The molecule has 4 N–H and O–H groups in total. The molecule has 4 nitrogen and oxygen atoms in total. The third kappa shape index (κ3) is 2.45. The van der Waals surface area contributed by atoms with Crippen LogP contribution >= 0.6 is 0 Å². The van der Waals surface area contributed by atoms with Crippen molar-refractivity contribution in [2.75, 3.05) is 13.1 Å². The zero-order valence-electron chi connectivity index (χ0n) is 8.84. The molecule has 0 bridgehead atoms. The highest BCUT2D eigenvalue weighted by molar-refractivity contribution is 4.85. The first-order chi connectivity index (χ1) is 6.90. The largest absolute Gasteiger partial charge is 0.299 e. The van der Waals surface area contributed by atoms with Crippen LogP contribution in [0.15, 0.2) is 0 Å². The lowest BCUT2D eigenvalue weighted by molar-refractivity contribution is 0.186. The predicted octanol–water partition coefficient (Wildman–Crippen LogP) is 0.361. The van der Waals surface area contributed by atoms with Crippen LogP contribution in [-0.2, 0) is 0 Å². The van der Waals surface area contributed by atoms with Crippen molar-refractivity contribution in [2.24, 2.45) is 5.84 Å². The first kappa shape index (κ1) is 10.4. The minimum Gasteiger partial charge on any atom is -0.299 e. The molecule has 0 amide bonds. The number of hydrogen-bond donors (Lipinski definition) is 3. The first-order valence-corrected chi connectivity index (χ1v) is 5.85. The Labute approximate surface area is 86.2 Å². The average molecular weight is 198 g/mol. The van der Waals surface area contributed by atoms with Crippen LogP contribution in [0.4, 0.5) is 0 Å². The van der Waals surface area contributed by atoms with Gasteiger partial charge in [0.2, 0.25) is 0 Å². The fraction of sp³-hybridized carbons (Fsp3) is 1.00. The Balaban J connectivity index is 1.76. The smallest absolute Gasteiger partial charge is 0.0365 e. The second-order valence-electron chi connectivity index (χ2n) is 4.56. The van der Waals surface area contributed by atoms with Crippen molar-refractivity contribution < 1.29 is 0 Å². The van der Waals surface area contributed by atoms with E-state index in [4.69, 9.17) is 5.84 Å². The Morgan fingerprint density at radius 1 is 1.07 bits per heavy atom. The fourth-order valence-corrected chi connectivity index (χ4v) is 2.80. The Kier molecular flexibility index (Phi) is 3.75. The lowest BCUT2D eigenvalue weighted by Crippen LogP contribution is -2.47. The fourth-order valence-electron chi connectivity index (χ4n) is 2.80. The van der Waals surface area contributed by atoms with Crippen molar-refractivity contribution in [3.8, 4) is 0 Å². The normalized spacial score (nSPS) is 31.1. The number of hydrogen-bond acceptors (Lipinski definition) is 4. The summed E-state index contributed by atoms with van der Waals surface area (Å²) in [6, 6.07) is 1.40.